The van der Waals surface area contributed by atoms with Crippen molar-refractivity contribution in [2.24, 2.45) is 0 Å². The molecule has 0 fully saturated rings. The van der Waals surface area contributed by atoms with Crippen molar-refractivity contribution in [2.75, 3.05) is 6.54 Å². The van der Waals surface area contributed by atoms with Crippen LogP contribution in [-0.4, -0.2) is 32.3 Å². The molecule has 2 heterocycles. The zero-order valence-corrected chi connectivity index (χ0v) is 8.62. The van der Waals surface area contributed by atoms with Gasteiger partial charge in [-0.15, -0.1) is 10.2 Å². The minimum atomic E-state index is 0.512. The van der Waals surface area contributed by atoms with Crippen molar-refractivity contribution in [2.45, 2.75) is 33.0 Å². The van der Waals surface area contributed by atoms with Gasteiger partial charge in [-0.25, -0.2) is 0 Å². The van der Waals surface area contributed by atoms with Gasteiger partial charge in [0.05, 0.1) is 6.54 Å². The fourth-order valence-corrected chi connectivity index (χ4v) is 1.80. The van der Waals surface area contributed by atoms with Gasteiger partial charge in [-0.1, -0.05) is 0 Å². The summed E-state index contributed by atoms with van der Waals surface area (Å²) in [4.78, 5) is 2.36. The Bertz CT molecular complexity index is 307. The molecule has 0 spiro atoms. The Hall–Kier alpha value is -0.610. The number of rotatable bonds is 1. The first-order chi connectivity index (χ1) is 6.18. The average molecular weight is 201 g/mol. The van der Waals surface area contributed by atoms with Crippen LogP contribution in [0.25, 0.3) is 0 Å². The second kappa shape index (κ2) is 3.27. The lowest BCUT2D eigenvalue weighted by molar-refractivity contribution is 0.173. The first kappa shape index (κ1) is 8.97. The smallest absolute Gasteiger partial charge is 0.225 e. The molecule has 1 aliphatic heterocycles. The van der Waals surface area contributed by atoms with Crippen molar-refractivity contribution in [1.82, 2.24) is 19.7 Å². The second-order valence-electron chi connectivity index (χ2n) is 3.60. The van der Waals surface area contributed by atoms with E-state index >= 15 is 0 Å². The lowest BCUT2D eigenvalue weighted by Crippen LogP contribution is -2.38. The van der Waals surface area contributed by atoms with Crippen molar-refractivity contribution >= 4 is 11.6 Å². The molecule has 1 aliphatic rings. The molecule has 0 saturated carbocycles. The van der Waals surface area contributed by atoms with Gasteiger partial charge in [0.1, 0.15) is 5.82 Å². The molecule has 0 aliphatic carbocycles. The van der Waals surface area contributed by atoms with Gasteiger partial charge in [-0.3, -0.25) is 9.47 Å². The Labute approximate surface area is 82.5 Å². The summed E-state index contributed by atoms with van der Waals surface area (Å²) >= 11 is 5.86. The summed E-state index contributed by atoms with van der Waals surface area (Å²) in [5, 5.41) is 8.38. The Kier molecular flexibility index (Phi) is 2.26. The molecule has 1 aromatic heterocycles. The van der Waals surface area contributed by atoms with Gasteiger partial charge in [0.25, 0.3) is 0 Å². The summed E-state index contributed by atoms with van der Waals surface area (Å²) in [6, 6.07) is 0.559. The molecule has 0 saturated heterocycles. The Morgan fingerprint density at radius 3 is 2.77 bits per heavy atom. The number of halogens is 1. The number of nitrogens with zero attached hydrogens (tertiary/aromatic N) is 4. The van der Waals surface area contributed by atoms with Crippen LogP contribution in [0.5, 0.6) is 0 Å². The van der Waals surface area contributed by atoms with Crippen molar-refractivity contribution in [3.05, 3.63) is 11.1 Å². The van der Waals surface area contributed by atoms with E-state index in [9.17, 15) is 0 Å². The van der Waals surface area contributed by atoms with Gasteiger partial charge in [0.2, 0.25) is 5.28 Å². The van der Waals surface area contributed by atoms with Gasteiger partial charge in [-0.05, 0) is 25.4 Å². The molecule has 0 bridgehead atoms. The Morgan fingerprint density at radius 2 is 2.08 bits per heavy atom. The fraction of sp³-hybridized carbons (Fsp3) is 0.750. The highest BCUT2D eigenvalue weighted by Crippen LogP contribution is 2.16. The van der Waals surface area contributed by atoms with E-state index in [1.165, 1.54) is 0 Å². The van der Waals surface area contributed by atoms with Crippen LogP contribution in [0, 0.1) is 0 Å². The zero-order valence-electron chi connectivity index (χ0n) is 7.87. The molecule has 5 heteroatoms. The van der Waals surface area contributed by atoms with Crippen LogP contribution in [-0.2, 0) is 13.1 Å². The largest absolute Gasteiger partial charge is 0.299 e. The first-order valence-corrected chi connectivity index (χ1v) is 4.88. The summed E-state index contributed by atoms with van der Waals surface area (Å²) in [7, 11) is 0. The number of hydrogen-bond donors (Lipinski definition) is 0. The van der Waals surface area contributed by atoms with Crippen LogP contribution in [0.15, 0.2) is 0 Å². The maximum Gasteiger partial charge on any atom is 0.225 e. The van der Waals surface area contributed by atoms with Crippen LogP contribution in [0.4, 0.5) is 0 Å². The summed E-state index contributed by atoms with van der Waals surface area (Å²) in [5.74, 6) is 0.977. The number of aromatic nitrogens is 3. The monoisotopic (exact) mass is 200 g/mol. The summed E-state index contributed by atoms with van der Waals surface area (Å²) in [5.41, 5.74) is 0. The quantitative estimate of drug-likeness (QED) is 0.682. The van der Waals surface area contributed by atoms with Crippen molar-refractivity contribution in [1.29, 1.82) is 0 Å². The van der Waals surface area contributed by atoms with Gasteiger partial charge in [-0.2, -0.15) is 0 Å². The molecule has 0 radical (unpaired) electrons. The summed E-state index contributed by atoms with van der Waals surface area (Å²) in [6.45, 7) is 7.17. The van der Waals surface area contributed by atoms with Crippen LogP contribution >= 0.6 is 11.6 Å². The van der Waals surface area contributed by atoms with E-state index in [0.717, 1.165) is 25.5 Å². The zero-order chi connectivity index (χ0) is 9.42. The molecule has 1 aromatic rings. The number of hydrogen-bond acceptors (Lipinski definition) is 3. The lowest BCUT2D eigenvalue weighted by atomic mass is 10.2. The third-order valence-corrected chi connectivity index (χ3v) is 2.75. The maximum atomic E-state index is 5.86. The molecule has 13 heavy (non-hydrogen) atoms. The van der Waals surface area contributed by atoms with E-state index in [4.69, 9.17) is 11.6 Å². The minimum absolute atomic E-state index is 0.512. The highest BCUT2D eigenvalue weighted by Gasteiger charge is 2.21. The normalized spacial score (nSPS) is 17.8. The average Bonchev–Trinajstić information content (AvgIpc) is 2.47. The van der Waals surface area contributed by atoms with E-state index in [2.05, 4.69) is 28.9 Å². The van der Waals surface area contributed by atoms with E-state index in [-0.39, 0.29) is 0 Å². The fourth-order valence-electron chi connectivity index (χ4n) is 1.58. The SMILES string of the molecule is CC(C)N1CCn2c(Cl)nnc2C1. The van der Waals surface area contributed by atoms with Gasteiger partial charge >= 0.3 is 0 Å². The van der Waals surface area contributed by atoms with E-state index in [0.29, 0.717) is 11.3 Å². The Morgan fingerprint density at radius 1 is 1.31 bits per heavy atom. The van der Waals surface area contributed by atoms with Gasteiger partial charge in [0.15, 0.2) is 0 Å². The van der Waals surface area contributed by atoms with Crippen LogP contribution < -0.4 is 0 Å². The lowest BCUT2D eigenvalue weighted by Gasteiger charge is -2.30. The van der Waals surface area contributed by atoms with Gasteiger partial charge in [0, 0.05) is 19.1 Å². The third kappa shape index (κ3) is 1.56. The van der Waals surface area contributed by atoms with E-state index in [1.807, 2.05) is 4.57 Å². The van der Waals surface area contributed by atoms with E-state index < -0.39 is 0 Å². The molecular formula is C8H13ClN4. The van der Waals surface area contributed by atoms with Crippen molar-refractivity contribution in [3.8, 4) is 0 Å². The molecule has 0 aromatic carbocycles. The highest BCUT2D eigenvalue weighted by molar-refractivity contribution is 6.28. The second-order valence-corrected chi connectivity index (χ2v) is 3.94. The molecule has 4 nitrogen and oxygen atoms in total. The van der Waals surface area contributed by atoms with Crippen LogP contribution in [0.2, 0.25) is 5.28 Å². The third-order valence-electron chi connectivity index (χ3n) is 2.47. The standard InChI is InChI=1S/C8H13ClN4/c1-6(2)12-3-4-13-7(5-12)10-11-8(13)9/h6H,3-5H2,1-2H3. The molecule has 2 rings (SSSR count). The number of fused-ring (bicyclic) bond motifs is 1. The topological polar surface area (TPSA) is 34.0 Å². The van der Waals surface area contributed by atoms with Crippen molar-refractivity contribution in [3.63, 3.8) is 0 Å². The Balaban J connectivity index is 2.21. The van der Waals surface area contributed by atoms with E-state index in [1.54, 1.807) is 0 Å². The maximum absolute atomic E-state index is 5.86. The predicted molar refractivity (Wildman–Crippen MR) is 50.6 cm³/mol. The van der Waals surface area contributed by atoms with Crippen molar-refractivity contribution < 1.29 is 0 Å². The molecule has 0 atom stereocenters. The predicted octanol–water partition coefficient (Wildman–Crippen LogP) is 1.16. The first-order valence-electron chi connectivity index (χ1n) is 4.50. The molecule has 0 amide bonds. The highest BCUT2D eigenvalue weighted by atomic mass is 35.5. The minimum Gasteiger partial charge on any atom is -0.299 e. The molecule has 0 unspecified atom stereocenters. The van der Waals surface area contributed by atoms with Crippen LogP contribution in [0.3, 0.4) is 0 Å². The molecular weight excluding hydrogens is 188 g/mol. The molecule has 72 valence electrons. The molecule has 0 N–H and O–H groups in total. The summed E-state index contributed by atoms with van der Waals surface area (Å²) in [6.07, 6.45) is 0. The van der Waals surface area contributed by atoms with Crippen LogP contribution in [0.1, 0.15) is 19.7 Å². The van der Waals surface area contributed by atoms with Gasteiger partial charge < -0.3 is 0 Å². The summed E-state index contributed by atoms with van der Waals surface area (Å²) < 4.78 is 1.97.